The van der Waals surface area contributed by atoms with Gasteiger partial charge in [0.1, 0.15) is 0 Å². The SMILES string of the molecule is c1ccc(-c2ccc(-c3ccc(N(c4ccc5cc(-c6ccc7c(c6)C6(c8ccccc8-7)c7ccccc7-n7c8ccccc8c8cccc6c87)ccc5c4)c4cccc5c4-c4ccccc4C54c5ccccc5-c5ccccc54)cc3)cc2)cc1. The fourth-order valence-electron chi connectivity index (χ4n) is 16.3. The monoisotopic (exact) mass is 1090 g/mol. The number of aromatic nitrogens is 1. The molecule has 398 valence electrons. The Bertz CT molecular complexity index is 5310. The first kappa shape index (κ1) is 47.4. The van der Waals surface area contributed by atoms with Gasteiger partial charge in [-0.3, -0.25) is 0 Å². The van der Waals surface area contributed by atoms with Gasteiger partial charge in [-0.05, 0) is 171 Å². The van der Waals surface area contributed by atoms with Crippen LogP contribution >= 0.6 is 0 Å². The Morgan fingerprint density at radius 2 is 0.709 bits per heavy atom. The molecule has 0 amide bonds. The smallest absolute Gasteiger partial charge is 0.0754 e. The Labute approximate surface area is 499 Å². The van der Waals surface area contributed by atoms with Gasteiger partial charge in [-0.15, -0.1) is 0 Å². The summed E-state index contributed by atoms with van der Waals surface area (Å²) in [5.41, 5.74) is 31.7. The molecule has 0 saturated heterocycles. The van der Waals surface area contributed by atoms with Gasteiger partial charge in [0.15, 0.2) is 0 Å². The molecule has 3 aliphatic carbocycles. The fourth-order valence-corrected chi connectivity index (χ4v) is 16.3. The third kappa shape index (κ3) is 6.24. The van der Waals surface area contributed by atoms with Crippen molar-refractivity contribution in [2.45, 2.75) is 10.8 Å². The number of rotatable bonds is 6. The number of nitrogens with zero attached hydrogens (tertiary/aromatic N) is 2. The number of fused-ring (bicyclic) bond motifs is 23. The van der Waals surface area contributed by atoms with Crippen molar-refractivity contribution < 1.29 is 0 Å². The van der Waals surface area contributed by atoms with Gasteiger partial charge >= 0.3 is 0 Å². The van der Waals surface area contributed by atoms with E-state index in [4.69, 9.17) is 0 Å². The number of para-hydroxylation sites is 3. The molecule has 1 atom stereocenters. The van der Waals surface area contributed by atoms with E-state index in [1.54, 1.807) is 0 Å². The topological polar surface area (TPSA) is 8.17 Å². The highest BCUT2D eigenvalue weighted by atomic mass is 15.1. The molecule has 1 unspecified atom stereocenters. The van der Waals surface area contributed by atoms with Crippen molar-refractivity contribution in [1.82, 2.24) is 4.57 Å². The number of anilines is 3. The Hall–Kier alpha value is -11.1. The molecule has 2 heteroatoms. The molecule has 0 bridgehead atoms. The summed E-state index contributed by atoms with van der Waals surface area (Å²) in [5.74, 6) is 0. The van der Waals surface area contributed by atoms with Crippen LogP contribution in [0.15, 0.2) is 315 Å². The summed E-state index contributed by atoms with van der Waals surface area (Å²) in [4.78, 5) is 2.51. The Balaban J connectivity index is 0.769. The first-order valence-electron chi connectivity index (χ1n) is 30.1. The Morgan fingerprint density at radius 3 is 1.42 bits per heavy atom. The maximum Gasteiger partial charge on any atom is 0.0754 e. The van der Waals surface area contributed by atoms with Crippen LogP contribution in [0.4, 0.5) is 17.1 Å². The number of hydrogen-bond donors (Lipinski definition) is 0. The summed E-state index contributed by atoms with van der Waals surface area (Å²) < 4.78 is 2.53. The predicted octanol–water partition coefficient (Wildman–Crippen LogP) is 21.4. The molecule has 19 rings (SSSR count). The lowest BCUT2D eigenvalue weighted by Crippen LogP contribution is -2.33. The summed E-state index contributed by atoms with van der Waals surface area (Å²) in [6, 6.07) is 119. The summed E-state index contributed by atoms with van der Waals surface area (Å²) in [7, 11) is 0. The largest absolute Gasteiger partial charge is 0.310 e. The standard InChI is InChI=1S/C84H52N2/c1-2-18-53(19-3-1)54-36-38-55(39-37-54)56-42-46-61(47-43-56)85(80-35-17-31-75-81(80)69-24-7-12-29-73(69)83(75)70-26-9-4-20-63(70)64-21-5-10-27-71(64)83)62-48-44-58-50-57(40-41-59(58)51-62)60-45-49-66-65-22-6-11-28-72(65)84(77(66)52-60)74-30-13-15-34-79(74)86-78-33-14-8-23-67(78)68-25-16-32-76(84)82(68)86/h1-52H. The van der Waals surface area contributed by atoms with Crippen molar-refractivity contribution in [3.05, 3.63) is 360 Å². The normalized spacial score (nSPS) is 14.9. The van der Waals surface area contributed by atoms with Crippen LogP contribution in [0.3, 0.4) is 0 Å². The quantitative estimate of drug-likeness (QED) is 0.161. The van der Waals surface area contributed by atoms with Crippen LogP contribution in [0.2, 0.25) is 0 Å². The van der Waals surface area contributed by atoms with E-state index in [1.165, 1.54) is 150 Å². The molecule has 2 nitrogen and oxygen atoms in total. The molecule has 0 saturated carbocycles. The lowest BCUT2D eigenvalue weighted by Gasteiger charge is -2.39. The molecule has 86 heavy (non-hydrogen) atoms. The summed E-state index contributed by atoms with van der Waals surface area (Å²) >= 11 is 0. The minimum atomic E-state index is -0.523. The molecule has 0 radical (unpaired) electrons. The predicted molar refractivity (Wildman–Crippen MR) is 356 cm³/mol. The average molecular weight is 1090 g/mol. The zero-order valence-corrected chi connectivity index (χ0v) is 46.9. The first-order chi connectivity index (χ1) is 42.7. The van der Waals surface area contributed by atoms with Crippen molar-refractivity contribution in [3.8, 4) is 72.4 Å². The number of hydrogen-bond acceptors (Lipinski definition) is 1. The van der Waals surface area contributed by atoms with Gasteiger partial charge in [-0.2, -0.15) is 0 Å². The second-order valence-electron chi connectivity index (χ2n) is 23.8. The van der Waals surface area contributed by atoms with Crippen molar-refractivity contribution in [3.63, 3.8) is 0 Å². The van der Waals surface area contributed by atoms with E-state index in [0.29, 0.717) is 0 Å². The van der Waals surface area contributed by atoms with E-state index in [9.17, 15) is 0 Å². The van der Waals surface area contributed by atoms with Crippen LogP contribution in [0.5, 0.6) is 0 Å². The molecule has 2 spiro atoms. The van der Waals surface area contributed by atoms with Gasteiger partial charge in [0, 0.05) is 27.7 Å². The highest BCUT2D eigenvalue weighted by molar-refractivity contribution is 6.13. The minimum absolute atomic E-state index is 0.468. The molecule has 1 aliphatic heterocycles. The van der Waals surface area contributed by atoms with Crippen LogP contribution in [-0.2, 0) is 10.8 Å². The van der Waals surface area contributed by atoms with Crippen LogP contribution < -0.4 is 4.90 Å². The fraction of sp³-hybridized carbons (Fsp3) is 0.0238. The van der Waals surface area contributed by atoms with Crippen molar-refractivity contribution in [2.24, 2.45) is 0 Å². The molecule has 14 aromatic carbocycles. The van der Waals surface area contributed by atoms with Gasteiger partial charge < -0.3 is 9.47 Å². The van der Waals surface area contributed by atoms with E-state index < -0.39 is 10.8 Å². The van der Waals surface area contributed by atoms with Crippen molar-refractivity contribution >= 4 is 49.6 Å². The molecular formula is C84H52N2. The molecule has 2 heterocycles. The third-order valence-corrected chi connectivity index (χ3v) is 19.8. The van der Waals surface area contributed by atoms with Crippen molar-refractivity contribution in [2.75, 3.05) is 4.90 Å². The summed E-state index contributed by atoms with van der Waals surface area (Å²) in [6.45, 7) is 0. The van der Waals surface area contributed by atoms with Crippen LogP contribution in [0.25, 0.3) is 105 Å². The highest BCUT2D eigenvalue weighted by Gasteiger charge is 2.53. The second-order valence-corrected chi connectivity index (χ2v) is 23.8. The Morgan fingerprint density at radius 1 is 0.256 bits per heavy atom. The lowest BCUT2D eigenvalue weighted by atomic mass is 9.65. The molecule has 1 aromatic heterocycles. The molecular weight excluding hydrogens is 1040 g/mol. The zero-order chi connectivity index (χ0) is 56.2. The van der Waals surface area contributed by atoms with Crippen molar-refractivity contribution in [1.29, 1.82) is 0 Å². The molecule has 15 aromatic rings. The van der Waals surface area contributed by atoms with Gasteiger partial charge in [0.25, 0.3) is 0 Å². The third-order valence-electron chi connectivity index (χ3n) is 19.8. The zero-order valence-electron chi connectivity index (χ0n) is 46.9. The van der Waals surface area contributed by atoms with Crippen LogP contribution in [0.1, 0.15) is 44.5 Å². The Kier molecular flexibility index (Phi) is 9.78. The van der Waals surface area contributed by atoms with E-state index in [0.717, 1.165) is 17.1 Å². The number of benzene rings is 14. The summed E-state index contributed by atoms with van der Waals surface area (Å²) in [6.07, 6.45) is 0. The minimum Gasteiger partial charge on any atom is -0.310 e. The maximum atomic E-state index is 2.53. The molecule has 0 N–H and O–H groups in total. The first-order valence-corrected chi connectivity index (χ1v) is 30.1. The van der Waals surface area contributed by atoms with E-state index >= 15 is 0 Å². The van der Waals surface area contributed by atoms with Gasteiger partial charge in [-0.25, -0.2) is 0 Å². The summed E-state index contributed by atoms with van der Waals surface area (Å²) in [5, 5.41) is 4.95. The van der Waals surface area contributed by atoms with E-state index in [-0.39, 0.29) is 0 Å². The lowest BCUT2D eigenvalue weighted by molar-refractivity contribution is 0.749. The van der Waals surface area contributed by atoms with E-state index in [2.05, 4.69) is 325 Å². The van der Waals surface area contributed by atoms with Crippen LogP contribution in [-0.4, -0.2) is 4.57 Å². The highest BCUT2D eigenvalue weighted by Crippen LogP contribution is 2.65. The van der Waals surface area contributed by atoms with Crippen LogP contribution in [0, 0.1) is 0 Å². The van der Waals surface area contributed by atoms with Gasteiger partial charge in [0.2, 0.25) is 0 Å². The van der Waals surface area contributed by atoms with Gasteiger partial charge in [-0.1, -0.05) is 261 Å². The maximum absolute atomic E-state index is 2.53. The molecule has 0 fully saturated rings. The second kappa shape index (κ2) is 17.7. The van der Waals surface area contributed by atoms with E-state index in [1.807, 2.05) is 0 Å². The molecule has 4 aliphatic rings. The average Bonchev–Trinajstić information content (AvgIpc) is 1.53. The van der Waals surface area contributed by atoms with Gasteiger partial charge in [0.05, 0.1) is 33.2 Å².